The molecule has 0 radical (unpaired) electrons. The second-order valence-electron chi connectivity index (χ2n) is 5.58. The molecule has 0 aromatic carbocycles. The number of nitrogens with zero attached hydrogens (tertiary/aromatic N) is 2. The lowest BCUT2D eigenvalue weighted by molar-refractivity contribution is -0.141. The summed E-state index contributed by atoms with van der Waals surface area (Å²) in [5.41, 5.74) is -0.783. The minimum atomic E-state index is -4.40. The molecule has 0 spiro atoms. The van der Waals surface area contributed by atoms with E-state index in [1.54, 1.807) is 0 Å². The highest BCUT2D eigenvalue weighted by Gasteiger charge is 2.44. The van der Waals surface area contributed by atoms with Crippen LogP contribution in [0.3, 0.4) is 0 Å². The van der Waals surface area contributed by atoms with Crippen LogP contribution < -0.4 is 4.74 Å². The van der Waals surface area contributed by atoms with Gasteiger partial charge in [-0.15, -0.1) is 0 Å². The first kappa shape index (κ1) is 13.7. The van der Waals surface area contributed by atoms with Crippen LogP contribution in [-0.4, -0.2) is 35.1 Å². The van der Waals surface area contributed by atoms with Crippen LogP contribution in [0.4, 0.5) is 13.2 Å². The van der Waals surface area contributed by atoms with Crippen molar-refractivity contribution in [2.24, 2.45) is 0 Å². The smallest absolute Gasteiger partial charge is 0.433 e. The van der Waals surface area contributed by atoms with Crippen LogP contribution >= 0.6 is 0 Å². The maximum Gasteiger partial charge on any atom is 0.433 e. The molecule has 3 rings (SSSR count). The van der Waals surface area contributed by atoms with E-state index in [1.807, 2.05) is 0 Å². The molecule has 0 N–H and O–H groups in total. The molecule has 2 aliphatic rings. The summed E-state index contributed by atoms with van der Waals surface area (Å²) in [5, 5.41) is 0. The van der Waals surface area contributed by atoms with Crippen molar-refractivity contribution in [1.29, 1.82) is 0 Å². The molecular formula is C14H17F3N2O. The first-order valence-corrected chi connectivity index (χ1v) is 6.91. The van der Waals surface area contributed by atoms with Crippen LogP contribution in [0.5, 0.6) is 5.75 Å². The van der Waals surface area contributed by atoms with Crippen molar-refractivity contribution in [2.75, 3.05) is 19.7 Å². The summed E-state index contributed by atoms with van der Waals surface area (Å²) in [5.74, 6) is 0.408. The van der Waals surface area contributed by atoms with Crippen LogP contribution in [0.2, 0.25) is 0 Å². The molecule has 0 saturated carbocycles. The van der Waals surface area contributed by atoms with E-state index in [1.165, 1.54) is 18.9 Å². The Bertz CT molecular complexity index is 462. The SMILES string of the molecule is FC(F)(F)c1ccc(OCC23CCCN2CCC3)cn1. The molecule has 1 aromatic heterocycles. The topological polar surface area (TPSA) is 25.4 Å². The minimum absolute atomic E-state index is 0.0999. The van der Waals surface area contributed by atoms with Gasteiger partial charge >= 0.3 is 6.18 Å². The summed E-state index contributed by atoms with van der Waals surface area (Å²) in [7, 11) is 0. The second-order valence-corrected chi connectivity index (χ2v) is 5.58. The van der Waals surface area contributed by atoms with Gasteiger partial charge in [-0.05, 0) is 50.9 Å². The van der Waals surface area contributed by atoms with E-state index in [-0.39, 0.29) is 5.54 Å². The van der Waals surface area contributed by atoms with Crippen molar-refractivity contribution in [3.63, 3.8) is 0 Å². The number of rotatable bonds is 3. The van der Waals surface area contributed by atoms with Gasteiger partial charge < -0.3 is 4.74 Å². The predicted molar refractivity (Wildman–Crippen MR) is 67.5 cm³/mol. The molecule has 0 unspecified atom stereocenters. The van der Waals surface area contributed by atoms with Crippen LogP contribution in [0.15, 0.2) is 18.3 Å². The maximum absolute atomic E-state index is 12.4. The molecule has 0 aliphatic carbocycles. The molecule has 0 atom stereocenters. The van der Waals surface area contributed by atoms with Gasteiger partial charge in [0, 0.05) is 0 Å². The third-order valence-electron chi connectivity index (χ3n) is 4.35. The fourth-order valence-corrected chi connectivity index (χ4v) is 3.31. The van der Waals surface area contributed by atoms with E-state index in [9.17, 15) is 13.2 Å². The molecule has 3 heterocycles. The minimum Gasteiger partial charge on any atom is -0.490 e. The molecule has 110 valence electrons. The summed E-state index contributed by atoms with van der Waals surface area (Å²) in [4.78, 5) is 5.86. The van der Waals surface area contributed by atoms with Crippen LogP contribution in [0, 0.1) is 0 Å². The lowest BCUT2D eigenvalue weighted by Crippen LogP contribution is -2.43. The quantitative estimate of drug-likeness (QED) is 0.853. The summed E-state index contributed by atoms with van der Waals surface area (Å²) < 4.78 is 42.9. The fraction of sp³-hybridized carbons (Fsp3) is 0.643. The molecule has 0 bridgehead atoms. The van der Waals surface area contributed by atoms with Gasteiger partial charge in [0.05, 0.1) is 11.7 Å². The van der Waals surface area contributed by atoms with Gasteiger partial charge in [0.1, 0.15) is 18.1 Å². The van der Waals surface area contributed by atoms with Crippen molar-refractivity contribution >= 4 is 0 Å². The standard InChI is InChI=1S/C14H17F3N2O/c15-14(16,17)12-4-3-11(9-18-12)20-10-13-5-1-7-19(13)8-2-6-13/h3-4,9H,1-2,5-8,10H2. The Balaban J connectivity index is 1.64. The monoisotopic (exact) mass is 286 g/mol. The molecule has 6 heteroatoms. The number of alkyl halides is 3. The zero-order chi connectivity index (χ0) is 14.2. The average molecular weight is 286 g/mol. The Morgan fingerprint density at radius 1 is 1.20 bits per heavy atom. The van der Waals surface area contributed by atoms with Crippen LogP contribution in [0.25, 0.3) is 0 Å². The van der Waals surface area contributed by atoms with E-state index in [4.69, 9.17) is 4.74 Å². The highest BCUT2D eigenvalue weighted by Crippen LogP contribution is 2.39. The molecule has 2 saturated heterocycles. The number of hydrogen-bond donors (Lipinski definition) is 0. The van der Waals surface area contributed by atoms with Crippen molar-refractivity contribution in [3.05, 3.63) is 24.0 Å². The van der Waals surface area contributed by atoms with E-state index < -0.39 is 11.9 Å². The zero-order valence-corrected chi connectivity index (χ0v) is 11.1. The van der Waals surface area contributed by atoms with Crippen LogP contribution in [0.1, 0.15) is 31.4 Å². The Morgan fingerprint density at radius 3 is 2.45 bits per heavy atom. The normalized spacial score (nSPS) is 21.9. The molecular weight excluding hydrogens is 269 g/mol. The Morgan fingerprint density at radius 2 is 1.90 bits per heavy atom. The van der Waals surface area contributed by atoms with E-state index >= 15 is 0 Å². The number of hydrogen-bond acceptors (Lipinski definition) is 3. The van der Waals surface area contributed by atoms with E-state index in [0.717, 1.165) is 38.2 Å². The summed E-state index contributed by atoms with van der Waals surface area (Å²) >= 11 is 0. The number of aromatic nitrogens is 1. The van der Waals surface area contributed by atoms with Crippen molar-refractivity contribution in [3.8, 4) is 5.75 Å². The van der Waals surface area contributed by atoms with Gasteiger partial charge in [-0.2, -0.15) is 13.2 Å². The Hall–Kier alpha value is -1.30. The largest absolute Gasteiger partial charge is 0.490 e. The van der Waals surface area contributed by atoms with E-state index in [2.05, 4.69) is 9.88 Å². The molecule has 0 amide bonds. The third kappa shape index (κ3) is 2.49. The first-order chi connectivity index (χ1) is 9.50. The van der Waals surface area contributed by atoms with Gasteiger partial charge in [0.15, 0.2) is 0 Å². The lowest BCUT2D eigenvalue weighted by atomic mass is 9.95. The van der Waals surface area contributed by atoms with Gasteiger partial charge in [0.2, 0.25) is 0 Å². The second kappa shape index (κ2) is 4.91. The highest BCUT2D eigenvalue weighted by molar-refractivity contribution is 5.21. The van der Waals surface area contributed by atoms with Crippen molar-refractivity contribution in [1.82, 2.24) is 9.88 Å². The Labute approximate surface area is 115 Å². The van der Waals surface area contributed by atoms with Crippen molar-refractivity contribution in [2.45, 2.75) is 37.4 Å². The van der Waals surface area contributed by atoms with Crippen LogP contribution in [-0.2, 0) is 6.18 Å². The lowest BCUT2D eigenvalue weighted by Gasteiger charge is -2.31. The van der Waals surface area contributed by atoms with Crippen molar-refractivity contribution < 1.29 is 17.9 Å². The van der Waals surface area contributed by atoms with Gasteiger partial charge in [-0.25, -0.2) is 4.98 Å². The molecule has 2 fully saturated rings. The number of fused-ring (bicyclic) bond motifs is 1. The Kier molecular flexibility index (Phi) is 3.36. The maximum atomic E-state index is 12.4. The zero-order valence-electron chi connectivity index (χ0n) is 11.1. The van der Waals surface area contributed by atoms with Gasteiger partial charge in [-0.3, -0.25) is 4.90 Å². The fourth-order valence-electron chi connectivity index (χ4n) is 3.31. The first-order valence-electron chi connectivity index (χ1n) is 6.91. The molecule has 1 aromatic rings. The summed E-state index contributed by atoms with van der Waals surface area (Å²) in [6, 6.07) is 2.31. The number of ether oxygens (including phenoxy) is 1. The average Bonchev–Trinajstić information content (AvgIpc) is 2.95. The predicted octanol–water partition coefficient (Wildman–Crippen LogP) is 3.11. The highest BCUT2D eigenvalue weighted by atomic mass is 19.4. The summed E-state index contributed by atoms with van der Waals surface area (Å²) in [6.07, 6.45) is 1.34. The molecule has 3 nitrogen and oxygen atoms in total. The van der Waals surface area contributed by atoms with Gasteiger partial charge in [0.25, 0.3) is 0 Å². The molecule has 2 aliphatic heterocycles. The van der Waals surface area contributed by atoms with Gasteiger partial charge in [-0.1, -0.05) is 0 Å². The summed E-state index contributed by atoms with van der Waals surface area (Å²) in [6.45, 7) is 2.75. The number of pyridine rings is 1. The van der Waals surface area contributed by atoms with E-state index in [0.29, 0.717) is 12.4 Å². The number of halogens is 3. The third-order valence-corrected chi connectivity index (χ3v) is 4.35. The molecule has 20 heavy (non-hydrogen) atoms.